The minimum Gasteiger partial charge on any atom is -0.337 e. The highest BCUT2D eigenvalue weighted by molar-refractivity contribution is 4.92. The highest BCUT2D eigenvalue weighted by atomic mass is 15.2. The van der Waals surface area contributed by atoms with Gasteiger partial charge < -0.3 is 10.3 Å². The van der Waals surface area contributed by atoms with Crippen molar-refractivity contribution in [3.63, 3.8) is 0 Å². The molecule has 0 aliphatic rings. The Labute approximate surface area is 98.5 Å². The number of likely N-dealkylation sites (N-methyl/N-ethyl adjacent to an activating group) is 1. The number of hydrogen-bond acceptors (Lipinski definition) is 3. The van der Waals surface area contributed by atoms with Crippen LogP contribution in [0.4, 0.5) is 0 Å². The molecule has 92 valence electrons. The van der Waals surface area contributed by atoms with Gasteiger partial charge in [0.15, 0.2) is 0 Å². The summed E-state index contributed by atoms with van der Waals surface area (Å²) in [7, 11) is 4.15. The summed E-state index contributed by atoms with van der Waals surface area (Å²) in [5.74, 6) is 1.71. The van der Waals surface area contributed by atoms with Crippen LogP contribution in [0.5, 0.6) is 0 Å². The zero-order valence-corrected chi connectivity index (χ0v) is 10.8. The Bertz CT molecular complexity index is 308. The van der Waals surface area contributed by atoms with Gasteiger partial charge in [0.1, 0.15) is 5.82 Å². The number of nitrogens with two attached hydrogens (primary N) is 1. The smallest absolute Gasteiger partial charge is 0.122 e. The maximum Gasteiger partial charge on any atom is 0.122 e. The van der Waals surface area contributed by atoms with Crippen LogP contribution in [0.1, 0.15) is 26.1 Å². The van der Waals surface area contributed by atoms with E-state index >= 15 is 0 Å². The lowest BCUT2D eigenvalue weighted by Crippen LogP contribution is -2.42. The Morgan fingerprint density at radius 1 is 1.56 bits per heavy atom. The summed E-state index contributed by atoms with van der Waals surface area (Å²) < 4.78 is 2.06. The lowest BCUT2D eigenvalue weighted by Gasteiger charge is -2.31. The first kappa shape index (κ1) is 13.2. The molecule has 4 heteroatoms. The topological polar surface area (TPSA) is 47.1 Å². The molecule has 2 unspecified atom stereocenters. The maximum atomic E-state index is 5.85. The van der Waals surface area contributed by atoms with E-state index in [9.17, 15) is 0 Å². The first-order valence-electron chi connectivity index (χ1n) is 5.96. The summed E-state index contributed by atoms with van der Waals surface area (Å²) in [5.41, 5.74) is 5.85. The van der Waals surface area contributed by atoms with Crippen molar-refractivity contribution >= 4 is 0 Å². The summed E-state index contributed by atoms with van der Waals surface area (Å²) in [4.78, 5) is 6.64. The molecule has 1 aromatic heterocycles. The average Bonchev–Trinajstić information content (AvgIpc) is 2.65. The maximum absolute atomic E-state index is 5.85. The van der Waals surface area contributed by atoms with Crippen molar-refractivity contribution < 1.29 is 0 Å². The van der Waals surface area contributed by atoms with Gasteiger partial charge in [-0.05, 0) is 13.0 Å². The zero-order chi connectivity index (χ0) is 12.1. The summed E-state index contributed by atoms with van der Waals surface area (Å²) in [6.45, 7) is 6.03. The van der Waals surface area contributed by atoms with Gasteiger partial charge in [-0.25, -0.2) is 4.98 Å². The number of nitrogens with zero attached hydrogens (tertiary/aromatic N) is 3. The van der Waals surface area contributed by atoms with Crippen LogP contribution < -0.4 is 5.73 Å². The number of rotatable bonds is 6. The van der Waals surface area contributed by atoms with Gasteiger partial charge in [-0.1, -0.05) is 20.3 Å². The van der Waals surface area contributed by atoms with Gasteiger partial charge in [0, 0.05) is 32.0 Å². The Balaban J connectivity index is 2.62. The Morgan fingerprint density at radius 2 is 2.25 bits per heavy atom. The van der Waals surface area contributed by atoms with Crippen molar-refractivity contribution in [2.75, 3.05) is 13.6 Å². The van der Waals surface area contributed by atoms with Crippen LogP contribution in [0.3, 0.4) is 0 Å². The van der Waals surface area contributed by atoms with Gasteiger partial charge in [0.25, 0.3) is 0 Å². The summed E-state index contributed by atoms with van der Waals surface area (Å²) in [6, 6.07) is 0.432. The molecule has 2 N–H and O–H groups in total. The number of aryl methyl sites for hydroxylation is 1. The molecule has 0 aromatic carbocycles. The van der Waals surface area contributed by atoms with E-state index in [1.54, 1.807) is 0 Å². The molecule has 0 radical (unpaired) electrons. The molecule has 0 spiro atoms. The highest BCUT2D eigenvalue weighted by Crippen LogP contribution is 2.14. The van der Waals surface area contributed by atoms with Crippen molar-refractivity contribution in [2.45, 2.75) is 32.9 Å². The molecule has 0 saturated heterocycles. The molecular weight excluding hydrogens is 200 g/mol. The third-order valence-electron chi connectivity index (χ3n) is 3.42. The molecule has 0 amide bonds. The van der Waals surface area contributed by atoms with E-state index in [1.807, 2.05) is 19.4 Å². The second-order valence-electron chi connectivity index (χ2n) is 4.56. The predicted molar refractivity (Wildman–Crippen MR) is 67.0 cm³/mol. The van der Waals surface area contributed by atoms with Crippen molar-refractivity contribution in [2.24, 2.45) is 18.7 Å². The first-order chi connectivity index (χ1) is 7.60. The van der Waals surface area contributed by atoms with E-state index < -0.39 is 0 Å². The standard InChI is InChI=1S/C12H24N4/c1-5-10(2)11(8-13)16(4)9-12-14-6-7-15(12)3/h6-7,10-11H,5,8-9,13H2,1-4H3. The van der Waals surface area contributed by atoms with Crippen LogP contribution in [0.15, 0.2) is 12.4 Å². The van der Waals surface area contributed by atoms with E-state index in [4.69, 9.17) is 5.73 Å². The summed E-state index contributed by atoms with van der Waals surface area (Å²) in [6.07, 6.45) is 4.97. The Morgan fingerprint density at radius 3 is 2.69 bits per heavy atom. The second-order valence-corrected chi connectivity index (χ2v) is 4.56. The fraction of sp³-hybridized carbons (Fsp3) is 0.750. The molecule has 1 aromatic rings. The van der Waals surface area contributed by atoms with Crippen molar-refractivity contribution in [1.82, 2.24) is 14.5 Å². The van der Waals surface area contributed by atoms with Gasteiger partial charge in [-0.15, -0.1) is 0 Å². The Kier molecular flexibility index (Phi) is 4.96. The minimum atomic E-state index is 0.432. The van der Waals surface area contributed by atoms with Gasteiger partial charge in [0.2, 0.25) is 0 Å². The lowest BCUT2D eigenvalue weighted by molar-refractivity contribution is 0.173. The molecule has 16 heavy (non-hydrogen) atoms. The van der Waals surface area contributed by atoms with Crippen LogP contribution in [-0.2, 0) is 13.6 Å². The van der Waals surface area contributed by atoms with Crippen LogP contribution in [-0.4, -0.2) is 34.1 Å². The molecule has 2 atom stereocenters. The minimum absolute atomic E-state index is 0.432. The molecule has 0 fully saturated rings. The number of aromatic nitrogens is 2. The Hall–Kier alpha value is -0.870. The molecule has 1 heterocycles. The lowest BCUT2D eigenvalue weighted by atomic mass is 9.98. The SMILES string of the molecule is CCC(C)C(CN)N(C)Cc1nccn1C. The van der Waals surface area contributed by atoms with Crippen LogP contribution in [0.2, 0.25) is 0 Å². The van der Waals surface area contributed by atoms with Crippen LogP contribution in [0, 0.1) is 5.92 Å². The average molecular weight is 224 g/mol. The molecule has 0 aliphatic heterocycles. The van der Waals surface area contributed by atoms with E-state index in [1.165, 1.54) is 0 Å². The summed E-state index contributed by atoms with van der Waals surface area (Å²) >= 11 is 0. The fourth-order valence-electron chi connectivity index (χ4n) is 2.01. The van der Waals surface area contributed by atoms with E-state index in [-0.39, 0.29) is 0 Å². The van der Waals surface area contributed by atoms with Crippen molar-refractivity contribution in [3.05, 3.63) is 18.2 Å². The van der Waals surface area contributed by atoms with E-state index in [2.05, 4.69) is 35.3 Å². The van der Waals surface area contributed by atoms with E-state index in [0.717, 1.165) is 18.8 Å². The molecule has 0 saturated carbocycles. The number of imidazole rings is 1. The fourth-order valence-corrected chi connectivity index (χ4v) is 2.01. The largest absolute Gasteiger partial charge is 0.337 e. The van der Waals surface area contributed by atoms with Gasteiger partial charge in [0.05, 0.1) is 6.54 Å². The molecule has 4 nitrogen and oxygen atoms in total. The number of hydrogen-bond donors (Lipinski definition) is 1. The van der Waals surface area contributed by atoms with Crippen molar-refractivity contribution in [3.8, 4) is 0 Å². The van der Waals surface area contributed by atoms with Gasteiger partial charge >= 0.3 is 0 Å². The monoisotopic (exact) mass is 224 g/mol. The van der Waals surface area contributed by atoms with Gasteiger partial charge in [-0.2, -0.15) is 0 Å². The first-order valence-corrected chi connectivity index (χ1v) is 5.96. The quantitative estimate of drug-likeness (QED) is 0.790. The molecule has 0 aliphatic carbocycles. The molecule has 0 bridgehead atoms. The summed E-state index contributed by atoms with van der Waals surface area (Å²) in [5, 5.41) is 0. The normalized spacial score (nSPS) is 15.4. The van der Waals surface area contributed by atoms with E-state index in [0.29, 0.717) is 18.5 Å². The predicted octanol–water partition coefficient (Wildman–Crippen LogP) is 1.23. The second kappa shape index (κ2) is 6.01. The highest BCUT2D eigenvalue weighted by Gasteiger charge is 2.19. The zero-order valence-electron chi connectivity index (χ0n) is 10.8. The molecule has 1 rings (SSSR count). The third-order valence-corrected chi connectivity index (χ3v) is 3.42. The van der Waals surface area contributed by atoms with Gasteiger partial charge in [-0.3, -0.25) is 4.90 Å². The van der Waals surface area contributed by atoms with Crippen molar-refractivity contribution in [1.29, 1.82) is 0 Å². The third kappa shape index (κ3) is 3.06. The molecular formula is C12H24N4. The van der Waals surface area contributed by atoms with Crippen LogP contribution >= 0.6 is 0 Å². The van der Waals surface area contributed by atoms with Crippen LogP contribution in [0.25, 0.3) is 0 Å².